The second-order valence-corrected chi connectivity index (χ2v) is 8.87. The number of hydrogen-bond donors (Lipinski definition) is 2. The Morgan fingerprint density at radius 3 is 2.52 bits per heavy atom. The predicted octanol–water partition coefficient (Wildman–Crippen LogP) is 3.33. The van der Waals surface area contributed by atoms with Crippen LogP contribution in [-0.2, 0) is 11.3 Å². The monoisotopic (exact) mass is 541 g/mol. The quantitative estimate of drug-likeness (QED) is 0.316. The van der Waals surface area contributed by atoms with Gasteiger partial charge in [0.1, 0.15) is 0 Å². The highest BCUT2D eigenvalue weighted by Gasteiger charge is 2.29. The molecule has 2 aliphatic rings. The molecule has 2 unspecified atom stereocenters. The number of hydrogen-bond acceptors (Lipinski definition) is 3. The summed E-state index contributed by atoms with van der Waals surface area (Å²) in [5.74, 6) is 2.31. The van der Waals surface area contributed by atoms with E-state index >= 15 is 0 Å². The van der Waals surface area contributed by atoms with Gasteiger partial charge in [0.25, 0.3) is 0 Å². The maximum Gasteiger partial charge on any atom is 0.220 e. The smallest absolute Gasteiger partial charge is 0.220 e. The highest BCUT2D eigenvalue weighted by molar-refractivity contribution is 14.0. The van der Waals surface area contributed by atoms with E-state index in [-0.39, 0.29) is 29.9 Å². The van der Waals surface area contributed by atoms with E-state index in [0.29, 0.717) is 24.3 Å². The number of likely N-dealkylation sites (tertiary alicyclic amines) is 2. The molecule has 2 aliphatic heterocycles. The molecular formula is C24H40IN5O. The third-order valence-corrected chi connectivity index (χ3v) is 6.52. The Labute approximate surface area is 205 Å². The number of guanidine groups is 1. The van der Waals surface area contributed by atoms with Gasteiger partial charge in [-0.2, -0.15) is 0 Å². The number of benzene rings is 1. The van der Waals surface area contributed by atoms with Crippen LogP contribution in [0.25, 0.3) is 0 Å². The summed E-state index contributed by atoms with van der Waals surface area (Å²) >= 11 is 0. The van der Waals surface area contributed by atoms with Crippen LogP contribution in [0.4, 0.5) is 0 Å². The molecule has 31 heavy (non-hydrogen) atoms. The summed E-state index contributed by atoms with van der Waals surface area (Å²) in [6.07, 6.45) is 3.98. The fourth-order valence-electron chi connectivity index (χ4n) is 4.74. The van der Waals surface area contributed by atoms with E-state index in [1.807, 2.05) is 0 Å². The minimum Gasteiger partial charge on any atom is -0.359 e. The fourth-order valence-corrected chi connectivity index (χ4v) is 4.74. The Morgan fingerprint density at radius 1 is 1.16 bits per heavy atom. The topological polar surface area (TPSA) is 60.0 Å². The average molecular weight is 542 g/mol. The van der Waals surface area contributed by atoms with Crippen molar-refractivity contribution >= 4 is 35.8 Å². The molecule has 2 atom stereocenters. The number of amides is 1. The van der Waals surface area contributed by atoms with Crippen molar-refractivity contribution < 1.29 is 4.79 Å². The number of halogens is 1. The number of rotatable bonds is 7. The van der Waals surface area contributed by atoms with Gasteiger partial charge in [0.2, 0.25) is 5.91 Å². The van der Waals surface area contributed by atoms with E-state index in [9.17, 15) is 4.79 Å². The molecule has 1 amide bonds. The van der Waals surface area contributed by atoms with Gasteiger partial charge in [0, 0.05) is 58.8 Å². The normalized spacial score (nSPS) is 22.8. The molecule has 174 valence electrons. The zero-order valence-electron chi connectivity index (χ0n) is 19.3. The summed E-state index contributed by atoms with van der Waals surface area (Å²) in [7, 11) is 1.72. The van der Waals surface area contributed by atoms with E-state index in [1.165, 1.54) is 12.0 Å². The number of piperidine rings is 1. The second kappa shape index (κ2) is 13.3. The molecule has 0 spiro atoms. The van der Waals surface area contributed by atoms with Crippen LogP contribution in [0.5, 0.6) is 0 Å². The minimum atomic E-state index is 0. The molecule has 7 heteroatoms. The Hall–Kier alpha value is -1.35. The van der Waals surface area contributed by atoms with Crippen molar-refractivity contribution in [3.8, 4) is 0 Å². The predicted molar refractivity (Wildman–Crippen MR) is 139 cm³/mol. The lowest BCUT2D eigenvalue weighted by Crippen LogP contribution is -2.46. The Morgan fingerprint density at radius 2 is 1.87 bits per heavy atom. The van der Waals surface area contributed by atoms with Crippen LogP contribution in [-0.4, -0.2) is 67.5 Å². The first-order chi connectivity index (χ1) is 14.6. The first kappa shape index (κ1) is 25.9. The number of nitrogens with zero attached hydrogens (tertiary/aromatic N) is 3. The first-order valence-corrected chi connectivity index (χ1v) is 11.6. The summed E-state index contributed by atoms with van der Waals surface area (Å²) in [4.78, 5) is 21.6. The van der Waals surface area contributed by atoms with Crippen LogP contribution in [0.15, 0.2) is 35.3 Å². The zero-order valence-corrected chi connectivity index (χ0v) is 21.7. The third-order valence-electron chi connectivity index (χ3n) is 6.52. The first-order valence-electron chi connectivity index (χ1n) is 11.6. The van der Waals surface area contributed by atoms with Gasteiger partial charge in [0.15, 0.2) is 5.96 Å². The van der Waals surface area contributed by atoms with Crippen molar-refractivity contribution in [2.24, 2.45) is 16.8 Å². The van der Waals surface area contributed by atoms with E-state index < -0.39 is 0 Å². The van der Waals surface area contributed by atoms with Crippen molar-refractivity contribution in [2.75, 3.05) is 39.8 Å². The van der Waals surface area contributed by atoms with Crippen LogP contribution < -0.4 is 10.6 Å². The van der Waals surface area contributed by atoms with E-state index in [2.05, 4.69) is 64.6 Å². The zero-order chi connectivity index (χ0) is 21.3. The molecule has 0 aliphatic carbocycles. The molecule has 0 bridgehead atoms. The molecule has 3 rings (SSSR count). The fraction of sp³-hybridized carbons (Fsp3) is 0.667. The minimum absolute atomic E-state index is 0. The van der Waals surface area contributed by atoms with Gasteiger partial charge in [-0.25, -0.2) is 0 Å². The van der Waals surface area contributed by atoms with Gasteiger partial charge in [-0.1, -0.05) is 30.3 Å². The highest BCUT2D eigenvalue weighted by atomic mass is 127. The van der Waals surface area contributed by atoms with E-state index in [4.69, 9.17) is 4.99 Å². The van der Waals surface area contributed by atoms with Gasteiger partial charge >= 0.3 is 0 Å². The standard InChI is InChI=1S/C24H39N5O.HI/c1-4-26-24(28-12-10-20(11-13-28)15-23(30)25-3)27-16-22-14-19(2)29(18-22)17-21-8-6-5-7-9-21;/h5-9,19-20,22H,4,10-18H2,1-3H3,(H,25,30)(H,26,27);1H. The summed E-state index contributed by atoms with van der Waals surface area (Å²) < 4.78 is 0. The van der Waals surface area contributed by atoms with Crippen LogP contribution in [0.1, 0.15) is 45.1 Å². The molecule has 2 heterocycles. The molecule has 6 nitrogen and oxygen atoms in total. The maximum absolute atomic E-state index is 11.7. The Balaban J connectivity index is 0.00000341. The Bertz CT molecular complexity index is 690. The van der Waals surface area contributed by atoms with Crippen LogP contribution in [0, 0.1) is 11.8 Å². The molecule has 2 N–H and O–H groups in total. The number of aliphatic imine (C=N–C) groups is 1. The van der Waals surface area contributed by atoms with E-state index in [0.717, 1.165) is 58.1 Å². The van der Waals surface area contributed by atoms with Crippen LogP contribution >= 0.6 is 24.0 Å². The molecule has 0 radical (unpaired) electrons. The molecule has 2 fully saturated rings. The van der Waals surface area contributed by atoms with Crippen LogP contribution in [0.3, 0.4) is 0 Å². The van der Waals surface area contributed by atoms with Crippen molar-refractivity contribution in [1.82, 2.24) is 20.4 Å². The average Bonchev–Trinajstić information content (AvgIpc) is 3.11. The highest BCUT2D eigenvalue weighted by Crippen LogP contribution is 2.25. The van der Waals surface area contributed by atoms with Gasteiger partial charge in [0.05, 0.1) is 0 Å². The molecule has 1 aromatic carbocycles. The van der Waals surface area contributed by atoms with Crippen molar-refractivity contribution in [2.45, 2.75) is 52.1 Å². The van der Waals surface area contributed by atoms with Crippen molar-refractivity contribution in [1.29, 1.82) is 0 Å². The Kier molecular flexibility index (Phi) is 11.1. The number of nitrogens with one attached hydrogen (secondary N) is 2. The lowest BCUT2D eigenvalue weighted by molar-refractivity contribution is -0.121. The SMILES string of the molecule is CCNC(=NCC1CC(C)N(Cc2ccccc2)C1)N1CCC(CC(=O)NC)CC1.I. The van der Waals surface area contributed by atoms with E-state index in [1.54, 1.807) is 7.05 Å². The maximum atomic E-state index is 11.7. The second-order valence-electron chi connectivity index (χ2n) is 8.87. The van der Waals surface area contributed by atoms with Gasteiger partial charge < -0.3 is 15.5 Å². The van der Waals surface area contributed by atoms with Gasteiger partial charge in [-0.15, -0.1) is 24.0 Å². The van der Waals surface area contributed by atoms with Crippen molar-refractivity contribution in [3.63, 3.8) is 0 Å². The molecule has 2 saturated heterocycles. The molecular weight excluding hydrogens is 501 g/mol. The summed E-state index contributed by atoms with van der Waals surface area (Å²) in [5.41, 5.74) is 1.39. The van der Waals surface area contributed by atoms with Crippen molar-refractivity contribution in [3.05, 3.63) is 35.9 Å². The number of carbonyl (C=O) groups excluding carboxylic acids is 1. The summed E-state index contributed by atoms with van der Waals surface area (Å²) in [6, 6.07) is 11.4. The lowest BCUT2D eigenvalue weighted by Gasteiger charge is -2.34. The summed E-state index contributed by atoms with van der Waals surface area (Å²) in [6.45, 7) is 10.4. The van der Waals surface area contributed by atoms with Gasteiger partial charge in [-0.3, -0.25) is 14.7 Å². The molecule has 1 aromatic rings. The molecule has 0 saturated carbocycles. The van der Waals surface area contributed by atoms with Gasteiger partial charge in [-0.05, 0) is 50.5 Å². The number of carbonyl (C=O) groups is 1. The summed E-state index contributed by atoms with van der Waals surface area (Å²) in [5, 5.41) is 6.24. The largest absolute Gasteiger partial charge is 0.359 e. The third kappa shape index (κ3) is 7.93. The lowest BCUT2D eigenvalue weighted by atomic mass is 9.93. The molecule has 0 aromatic heterocycles. The van der Waals surface area contributed by atoms with Crippen LogP contribution in [0.2, 0.25) is 0 Å².